The topological polar surface area (TPSA) is 51.6 Å². The molecule has 0 aliphatic rings. The standard InChI is InChI=1S/C20H13F6NO3/c21-19(22,23)29-15-5-1-3-12(7-15)14-9-17(18(11-28)27-10-14)13-4-2-6-16(8-13)30-20(24,25)26/h1-10,28H,11H2. The zero-order valence-corrected chi connectivity index (χ0v) is 15.0. The van der Waals surface area contributed by atoms with E-state index in [1.54, 1.807) is 0 Å². The van der Waals surface area contributed by atoms with E-state index in [9.17, 15) is 31.4 Å². The Bertz CT molecular complexity index is 1030. The second kappa shape index (κ2) is 8.23. The first-order valence-electron chi connectivity index (χ1n) is 8.36. The molecule has 1 N–H and O–H groups in total. The summed E-state index contributed by atoms with van der Waals surface area (Å²) in [5, 5.41) is 9.55. The van der Waals surface area contributed by atoms with Crippen LogP contribution in [0, 0.1) is 0 Å². The Hall–Kier alpha value is -3.27. The van der Waals surface area contributed by atoms with Gasteiger partial charge in [-0.15, -0.1) is 26.3 Å². The van der Waals surface area contributed by atoms with Crippen molar-refractivity contribution >= 4 is 0 Å². The number of halogens is 6. The van der Waals surface area contributed by atoms with E-state index >= 15 is 0 Å². The van der Waals surface area contributed by atoms with Gasteiger partial charge in [0.15, 0.2) is 0 Å². The Kier molecular flexibility index (Phi) is 5.88. The number of pyridine rings is 1. The van der Waals surface area contributed by atoms with Gasteiger partial charge in [-0.1, -0.05) is 24.3 Å². The lowest BCUT2D eigenvalue weighted by Gasteiger charge is -2.13. The molecule has 158 valence electrons. The summed E-state index contributed by atoms with van der Waals surface area (Å²) in [5.74, 6) is -0.900. The molecule has 0 spiro atoms. The minimum atomic E-state index is -4.88. The van der Waals surface area contributed by atoms with Gasteiger partial charge in [0, 0.05) is 17.3 Å². The minimum Gasteiger partial charge on any atom is -0.406 e. The van der Waals surface area contributed by atoms with Crippen LogP contribution >= 0.6 is 0 Å². The number of aromatic nitrogens is 1. The number of hydrogen-bond donors (Lipinski definition) is 1. The second-order valence-electron chi connectivity index (χ2n) is 6.03. The highest BCUT2D eigenvalue weighted by molar-refractivity contribution is 5.75. The highest BCUT2D eigenvalue weighted by Crippen LogP contribution is 2.33. The van der Waals surface area contributed by atoms with Crippen molar-refractivity contribution in [2.45, 2.75) is 19.3 Å². The van der Waals surface area contributed by atoms with Gasteiger partial charge in [-0.3, -0.25) is 4.98 Å². The molecule has 3 rings (SSSR count). The van der Waals surface area contributed by atoms with Crippen LogP contribution in [0.25, 0.3) is 22.3 Å². The zero-order chi connectivity index (χ0) is 21.9. The van der Waals surface area contributed by atoms with Crippen molar-refractivity contribution in [3.63, 3.8) is 0 Å². The third kappa shape index (κ3) is 5.63. The van der Waals surface area contributed by atoms with Crippen molar-refractivity contribution in [2.24, 2.45) is 0 Å². The summed E-state index contributed by atoms with van der Waals surface area (Å²) in [7, 11) is 0. The SMILES string of the molecule is OCc1ncc(-c2cccc(OC(F)(F)F)c2)cc1-c1cccc(OC(F)(F)F)c1. The average Bonchev–Trinajstić information content (AvgIpc) is 2.65. The molecular formula is C20H13F6NO3. The smallest absolute Gasteiger partial charge is 0.406 e. The quantitative estimate of drug-likeness (QED) is 0.529. The summed E-state index contributed by atoms with van der Waals surface area (Å²) in [6, 6.07) is 11.7. The number of alkyl halides is 6. The molecule has 1 aromatic heterocycles. The number of nitrogens with zero attached hydrogens (tertiary/aromatic N) is 1. The van der Waals surface area contributed by atoms with Crippen molar-refractivity contribution in [3.8, 4) is 33.8 Å². The largest absolute Gasteiger partial charge is 0.573 e. The van der Waals surface area contributed by atoms with E-state index in [0.717, 1.165) is 24.3 Å². The van der Waals surface area contributed by atoms with Crippen LogP contribution in [-0.2, 0) is 6.61 Å². The molecule has 0 fully saturated rings. The summed E-state index contributed by atoms with van der Waals surface area (Å²) >= 11 is 0. The van der Waals surface area contributed by atoms with Gasteiger partial charge in [0.25, 0.3) is 0 Å². The lowest BCUT2D eigenvalue weighted by molar-refractivity contribution is -0.275. The molecule has 0 amide bonds. The maximum Gasteiger partial charge on any atom is 0.573 e. The second-order valence-corrected chi connectivity index (χ2v) is 6.03. The van der Waals surface area contributed by atoms with Crippen LogP contribution in [0.1, 0.15) is 5.69 Å². The van der Waals surface area contributed by atoms with E-state index in [0.29, 0.717) is 16.7 Å². The third-order valence-electron chi connectivity index (χ3n) is 3.90. The molecule has 0 aliphatic heterocycles. The van der Waals surface area contributed by atoms with E-state index < -0.39 is 30.8 Å². The lowest BCUT2D eigenvalue weighted by atomic mass is 9.99. The van der Waals surface area contributed by atoms with Crippen LogP contribution in [0.5, 0.6) is 11.5 Å². The van der Waals surface area contributed by atoms with E-state index in [-0.39, 0.29) is 11.3 Å². The Morgan fingerprint density at radius 1 is 0.733 bits per heavy atom. The molecule has 0 unspecified atom stereocenters. The molecule has 30 heavy (non-hydrogen) atoms. The Balaban J connectivity index is 2.01. The summed E-state index contributed by atoms with van der Waals surface area (Å²) in [6.45, 7) is -0.503. The maximum absolute atomic E-state index is 12.5. The summed E-state index contributed by atoms with van der Waals surface area (Å²) in [4.78, 5) is 4.08. The van der Waals surface area contributed by atoms with Crippen LogP contribution in [0.2, 0.25) is 0 Å². The van der Waals surface area contributed by atoms with Crippen molar-refractivity contribution in [3.05, 3.63) is 66.5 Å². The minimum absolute atomic E-state index is 0.172. The zero-order valence-electron chi connectivity index (χ0n) is 15.0. The van der Waals surface area contributed by atoms with Gasteiger partial charge in [-0.25, -0.2) is 0 Å². The molecule has 4 nitrogen and oxygen atoms in total. The monoisotopic (exact) mass is 429 g/mol. The van der Waals surface area contributed by atoms with E-state index in [4.69, 9.17) is 0 Å². The van der Waals surface area contributed by atoms with Crippen molar-refractivity contribution in [2.75, 3.05) is 0 Å². The summed E-state index contributed by atoms with van der Waals surface area (Å²) in [5.41, 5.74) is 1.45. The van der Waals surface area contributed by atoms with E-state index in [1.807, 2.05) is 0 Å². The number of ether oxygens (including phenoxy) is 2. The van der Waals surface area contributed by atoms with Crippen LogP contribution in [-0.4, -0.2) is 22.8 Å². The summed E-state index contributed by atoms with van der Waals surface area (Å²) in [6.07, 6.45) is -8.41. The van der Waals surface area contributed by atoms with Gasteiger partial charge in [-0.2, -0.15) is 0 Å². The van der Waals surface area contributed by atoms with Gasteiger partial charge < -0.3 is 14.6 Å². The Labute approximate surface area is 166 Å². The maximum atomic E-state index is 12.5. The fraction of sp³-hybridized carbons (Fsp3) is 0.150. The molecule has 3 aromatic rings. The number of benzene rings is 2. The van der Waals surface area contributed by atoms with Crippen molar-refractivity contribution in [1.29, 1.82) is 0 Å². The highest BCUT2D eigenvalue weighted by atomic mass is 19.4. The van der Waals surface area contributed by atoms with Crippen LogP contribution in [0.4, 0.5) is 26.3 Å². The molecule has 10 heteroatoms. The molecule has 2 aromatic carbocycles. The third-order valence-corrected chi connectivity index (χ3v) is 3.90. The first-order chi connectivity index (χ1) is 14.0. The molecule has 0 radical (unpaired) electrons. The number of aliphatic hydroxyl groups excluding tert-OH is 1. The first-order valence-corrected chi connectivity index (χ1v) is 8.36. The predicted molar refractivity (Wildman–Crippen MR) is 94.4 cm³/mol. The van der Waals surface area contributed by atoms with Gasteiger partial charge in [0.2, 0.25) is 0 Å². The van der Waals surface area contributed by atoms with Gasteiger partial charge in [0.05, 0.1) is 12.3 Å². The van der Waals surface area contributed by atoms with E-state index in [1.165, 1.54) is 36.5 Å². The fourth-order valence-electron chi connectivity index (χ4n) is 2.76. The molecule has 1 heterocycles. The Morgan fingerprint density at radius 2 is 1.27 bits per heavy atom. The van der Waals surface area contributed by atoms with Crippen LogP contribution in [0.15, 0.2) is 60.8 Å². The van der Waals surface area contributed by atoms with Crippen LogP contribution < -0.4 is 9.47 Å². The number of hydrogen-bond acceptors (Lipinski definition) is 4. The average molecular weight is 429 g/mol. The number of aliphatic hydroxyl groups is 1. The predicted octanol–water partition coefficient (Wildman–Crippen LogP) is 5.71. The normalized spacial score (nSPS) is 12.0. The highest BCUT2D eigenvalue weighted by Gasteiger charge is 2.32. The van der Waals surface area contributed by atoms with Gasteiger partial charge >= 0.3 is 12.7 Å². The number of rotatable bonds is 5. The molecule has 0 saturated carbocycles. The first kappa shape index (κ1) is 21.4. The lowest BCUT2D eigenvalue weighted by Crippen LogP contribution is -2.17. The molecule has 0 saturated heterocycles. The Morgan fingerprint density at radius 3 is 1.80 bits per heavy atom. The molecule has 0 atom stereocenters. The fourth-order valence-corrected chi connectivity index (χ4v) is 2.76. The van der Waals surface area contributed by atoms with Crippen molar-refractivity contribution < 1.29 is 40.9 Å². The van der Waals surface area contributed by atoms with Crippen LogP contribution in [0.3, 0.4) is 0 Å². The molecule has 0 aliphatic carbocycles. The van der Waals surface area contributed by atoms with Gasteiger partial charge in [-0.05, 0) is 41.5 Å². The summed E-state index contributed by atoms with van der Waals surface area (Å²) < 4.78 is 82.7. The van der Waals surface area contributed by atoms with Crippen molar-refractivity contribution in [1.82, 2.24) is 4.98 Å². The van der Waals surface area contributed by atoms with Gasteiger partial charge in [0.1, 0.15) is 11.5 Å². The van der Waals surface area contributed by atoms with E-state index in [2.05, 4.69) is 14.5 Å². The molecular weight excluding hydrogens is 416 g/mol. The molecule has 0 bridgehead atoms.